The zero-order valence-corrected chi connectivity index (χ0v) is 12.3. The Bertz CT molecular complexity index is 396. The lowest BCUT2D eigenvalue weighted by Gasteiger charge is -2.08. The Kier molecular flexibility index (Phi) is 4.80. The summed E-state index contributed by atoms with van der Waals surface area (Å²) in [6.45, 7) is 0. The van der Waals surface area contributed by atoms with Crippen molar-refractivity contribution in [1.82, 2.24) is 9.36 Å². The van der Waals surface area contributed by atoms with Gasteiger partial charge in [-0.25, -0.2) is 0 Å². The Morgan fingerprint density at radius 2 is 1.75 bits per heavy atom. The molecule has 1 N–H and O–H groups in total. The molecule has 0 fully saturated rings. The van der Waals surface area contributed by atoms with Crippen LogP contribution in [0.25, 0.3) is 0 Å². The van der Waals surface area contributed by atoms with Crippen LogP contribution in [0.4, 0.5) is 5.13 Å². The number of halogens is 6. The highest BCUT2D eigenvalue weighted by molar-refractivity contribution is 7.10. The fourth-order valence-electron chi connectivity index (χ4n) is 0.557. The topological polar surface area (TPSA) is 54.9 Å². The van der Waals surface area contributed by atoms with Gasteiger partial charge >= 0.3 is 0 Å². The van der Waals surface area contributed by atoms with Gasteiger partial charge in [0.05, 0.1) is 0 Å². The summed E-state index contributed by atoms with van der Waals surface area (Å²) in [6.07, 6.45) is 0. The van der Waals surface area contributed by atoms with Gasteiger partial charge in [0, 0.05) is 11.5 Å². The largest absolute Gasteiger partial charge is 0.297 e. The molecule has 1 aromatic heterocycles. The zero-order chi connectivity index (χ0) is 12.6. The summed E-state index contributed by atoms with van der Waals surface area (Å²) >= 11 is 33.3. The van der Waals surface area contributed by atoms with Gasteiger partial charge < -0.3 is 0 Å². The quantitative estimate of drug-likeness (QED) is 0.774. The van der Waals surface area contributed by atoms with E-state index in [0.29, 0.717) is 0 Å². The molecule has 0 radical (unpaired) electrons. The van der Waals surface area contributed by atoms with Crippen molar-refractivity contribution < 1.29 is 4.79 Å². The molecule has 0 atom stereocenters. The Balaban J connectivity index is 2.78. The van der Waals surface area contributed by atoms with Crippen LogP contribution in [0, 0.1) is 0 Å². The van der Waals surface area contributed by atoms with E-state index in [1.165, 1.54) is 0 Å². The summed E-state index contributed by atoms with van der Waals surface area (Å²) in [7, 11) is 0. The molecule has 4 nitrogen and oxygen atoms in total. The van der Waals surface area contributed by atoms with Gasteiger partial charge in [0.25, 0.3) is 13.5 Å². The van der Waals surface area contributed by atoms with Crippen LogP contribution in [-0.2, 0) is 8.59 Å². The minimum atomic E-state index is -2.09. The molecule has 0 aliphatic heterocycles. The molecule has 0 aliphatic rings. The molecular formula is C5HCl6N3OS. The summed E-state index contributed by atoms with van der Waals surface area (Å²) in [5.41, 5.74) is 0. The standard InChI is InChI=1S/C5HCl6N3OS/c6-4(7,8)1-12-3(16-14-1)13-2(15)5(9,10)11/h(H,12,13,14,15). The molecule has 0 saturated heterocycles. The maximum Gasteiger partial charge on any atom is 0.278 e. The van der Waals surface area contributed by atoms with E-state index in [9.17, 15) is 4.79 Å². The molecule has 1 amide bonds. The highest BCUT2D eigenvalue weighted by atomic mass is 35.6. The van der Waals surface area contributed by atoms with E-state index < -0.39 is 13.5 Å². The molecular weight excluding hydrogens is 363 g/mol. The number of hydrogen-bond acceptors (Lipinski definition) is 4. The lowest BCUT2D eigenvalue weighted by Crippen LogP contribution is -2.26. The van der Waals surface area contributed by atoms with Gasteiger partial charge in [0.1, 0.15) is 0 Å². The summed E-state index contributed by atoms with van der Waals surface area (Å²) in [5, 5.41) is 2.28. The average molecular weight is 364 g/mol. The molecule has 1 rings (SSSR count). The number of carbonyl (C=O) groups is 1. The minimum absolute atomic E-state index is 0.0673. The van der Waals surface area contributed by atoms with Crippen molar-refractivity contribution in [2.45, 2.75) is 7.59 Å². The van der Waals surface area contributed by atoms with Crippen LogP contribution >= 0.6 is 81.1 Å². The van der Waals surface area contributed by atoms with Crippen LogP contribution in [0.5, 0.6) is 0 Å². The normalized spacial score (nSPS) is 12.6. The van der Waals surface area contributed by atoms with E-state index in [4.69, 9.17) is 69.6 Å². The molecule has 0 saturated carbocycles. The van der Waals surface area contributed by atoms with Crippen molar-refractivity contribution in [1.29, 1.82) is 0 Å². The molecule has 90 valence electrons. The summed E-state index contributed by atoms with van der Waals surface area (Å²) in [5.74, 6) is -0.938. The van der Waals surface area contributed by atoms with Crippen molar-refractivity contribution >= 4 is 92.2 Å². The van der Waals surface area contributed by atoms with Gasteiger partial charge in [-0.3, -0.25) is 10.1 Å². The van der Waals surface area contributed by atoms with Gasteiger partial charge in [-0.05, 0) is 0 Å². The van der Waals surface area contributed by atoms with Gasteiger partial charge in [-0.1, -0.05) is 69.6 Å². The van der Waals surface area contributed by atoms with Crippen molar-refractivity contribution in [3.8, 4) is 0 Å². The second-order valence-electron chi connectivity index (χ2n) is 2.37. The molecule has 0 aliphatic carbocycles. The smallest absolute Gasteiger partial charge is 0.278 e. The van der Waals surface area contributed by atoms with Gasteiger partial charge in [-0.15, -0.1) is 0 Å². The van der Waals surface area contributed by atoms with E-state index in [1.54, 1.807) is 0 Å². The molecule has 0 bridgehead atoms. The highest BCUT2D eigenvalue weighted by Crippen LogP contribution is 2.37. The van der Waals surface area contributed by atoms with Crippen molar-refractivity contribution in [2.24, 2.45) is 0 Å². The third kappa shape index (κ3) is 4.22. The van der Waals surface area contributed by atoms with Crippen LogP contribution in [0.3, 0.4) is 0 Å². The van der Waals surface area contributed by atoms with E-state index >= 15 is 0 Å². The maximum absolute atomic E-state index is 11.2. The fourth-order valence-corrected chi connectivity index (χ4v) is 1.72. The first-order valence-electron chi connectivity index (χ1n) is 3.40. The lowest BCUT2D eigenvalue weighted by molar-refractivity contribution is -0.115. The van der Waals surface area contributed by atoms with Gasteiger partial charge in [-0.2, -0.15) is 9.36 Å². The SMILES string of the molecule is O=C(Nc1nc(C(Cl)(Cl)Cl)ns1)C(Cl)(Cl)Cl. The first-order chi connectivity index (χ1) is 7.10. The number of rotatable bonds is 1. The second kappa shape index (κ2) is 5.18. The Morgan fingerprint density at radius 3 is 2.12 bits per heavy atom. The summed E-state index contributed by atoms with van der Waals surface area (Å²) < 4.78 is -0.143. The minimum Gasteiger partial charge on any atom is -0.297 e. The predicted molar refractivity (Wildman–Crippen MR) is 68.1 cm³/mol. The Morgan fingerprint density at radius 1 is 1.19 bits per heavy atom. The number of anilines is 1. The van der Waals surface area contributed by atoms with Crippen LogP contribution in [0.15, 0.2) is 0 Å². The van der Waals surface area contributed by atoms with Crippen LogP contribution < -0.4 is 5.32 Å². The first-order valence-corrected chi connectivity index (χ1v) is 6.44. The number of aromatic nitrogens is 2. The van der Waals surface area contributed by atoms with E-state index in [0.717, 1.165) is 11.5 Å². The number of nitrogens with one attached hydrogen (secondary N) is 1. The number of alkyl halides is 6. The number of amides is 1. The van der Waals surface area contributed by atoms with Crippen molar-refractivity contribution in [3.63, 3.8) is 0 Å². The zero-order valence-electron chi connectivity index (χ0n) is 6.98. The number of nitrogens with zero attached hydrogens (tertiary/aromatic N) is 2. The number of carbonyl (C=O) groups excluding carboxylic acids is 1. The molecule has 1 heterocycles. The van der Waals surface area contributed by atoms with Crippen LogP contribution in [-0.4, -0.2) is 19.1 Å². The summed E-state index contributed by atoms with van der Waals surface area (Å²) in [4.78, 5) is 15.0. The molecule has 1 aromatic rings. The summed E-state index contributed by atoms with van der Waals surface area (Å²) in [6, 6.07) is 0. The van der Waals surface area contributed by atoms with Crippen LogP contribution in [0.2, 0.25) is 0 Å². The van der Waals surface area contributed by atoms with Crippen molar-refractivity contribution in [2.75, 3.05) is 5.32 Å². The van der Waals surface area contributed by atoms with Crippen LogP contribution in [0.1, 0.15) is 5.82 Å². The monoisotopic (exact) mass is 361 g/mol. The Labute approximate surface area is 124 Å². The number of hydrogen-bond donors (Lipinski definition) is 1. The Hall–Kier alpha value is 0.770. The fraction of sp³-hybridized carbons (Fsp3) is 0.400. The van der Waals surface area contributed by atoms with Gasteiger partial charge in [0.15, 0.2) is 5.82 Å². The molecule has 0 unspecified atom stereocenters. The molecule has 0 aromatic carbocycles. The van der Waals surface area contributed by atoms with E-state index in [2.05, 4.69) is 14.7 Å². The molecule has 11 heteroatoms. The highest BCUT2D eigenvalue weighted by Gasteiger charge is 2.33. The third-order valence-electron chi connectivity index (χ3n) is 1.16. The molecule has 16 heavy (non-hydrogen) atoms. The maximum atomic E-state index is 11.2. The average Bonchev–Trinajstić information content (AvgIpc) is 2.49. The first kappa shape index (κ1) is 14.8. The third-order valence-corrected chi connectivity index (χ3v) is 2.81. The predicted octanol–water partition coefficient (Wildman–Crippen LogP) is 3.67. The molecule has 0 spiro atoms. The van der Waals surface area contributed by atoms with E-state index in [-0.39, 0.29) is 11.0 Å². The lowest BCUT2D eigenvalue weighted by atomic mass is 10.7. The second-order valence-corrected chi connectivity index (χ2v) is 7.69. The van der Waals surface area contributed by atoms with Gasteiger partial charge in [0.2, 0.25) is 5.13 Å². The van der Waals surface area contributed by atoms with Crippen molar-refractivity contribution in [3.05, 3.63) is 5.82 Å². The van der Waals surface area contributed by atoms with E-state index in [1.807, 2.05) is 0 Å².